The van der Waals surface area contributed by atoms with Crippen LogP contribution >= 0.6 is 0 Å². The van der Waals surface area contributed by atoms with Crippen LogP contribution in [0.1, 0.15) is 26.3 Å². The molecule has 0 bridgehead atoms. The molecular formula is C13H20N2O. The molecule has 0 spiro atoms. The van der Waals surface area contributed by atoms with Gasteiger partial charge in [0.2, 0.25) is 0 Å². The van der Waals surface area contributed by atoms with Crippen LogP contribution in [0.15, 0.2) is 30.3 Å². The largest absolute Gasteiger partial charge is 0.336 e. The fraction of sp³-hybridized carbons (Fsp3) is 0.462. The van der Waals surface area contributed by atoms with E-state index in [-0.39, 0.29) is 18.1 Å². The lowest BCUT2D eigenvalue weighted by Gasteiger charge is -2.16. The first kappa shape index (κ1) is 12.6. The summed E-state index contributed by atoms with van der Waals surface area (Å²) in [6.45, 7) is 5.90. The molecule has 0 aromatic heterocycles. The minimum Gasteiger partial charge on any atom is -0.336 e. The SMILES string of the molecule is CC(C)NC(=O)NC(C)Cc1ccccc1. The van der Waals surface area contributed by atoms with Crippen molar-refractivity contribution < 1.29 is 4.79 Å². The van der Waals surface area contributed by atoms with Crippen LogP contribution < -0.4 is 10.6 Å². The van der Waals surface area contributed by atoms with Gasteiger partial charge in [0.25, 0.3) is 0 Å². The summed E-state index contributed by atoms with van der Waals surface area (Å²) < 4.78 is 0. The van der Waals surface area contributed by atoms with E-state index in [0.717, 1.165) is 6.42 Å². The predicted octanol–water partition coefficient (Wildman–Crippen LogP) is 2.33. The molecule has 1 aromatic carbocycles. The Morgan fingerprint density at radius 1 is 1.12 bits per heavy atom. The van der Waals surface area contributed by atoms with Crippen LogP contribution in [0.3, 0.4) is 0 Å². The highest BCUT2D eigenvalue weighted by atomic mass is 16.2. The van der Waals surface area contributed by atoms with E-state index >= 15 is 0 Å². The zero-order chi connectivity index (χ0) is 12.0. The molecule has 1 atom stereocenters. The van der Waals surface area contributed by atoms with Gasteiger partial charge in [-0.1, -0.05) is 30.3 Å². The predicted molar refractivity (Wildman–Crippen MR) is 66.4 cm³/mol. The van der Waals surface area contributed by atoms with E-state index in [1.807, 2.05) is 39.0 Å². The van der Waals surface area contributed by atoms with Crippen molar-refractivity contribution >= 4 is 6.03 Å². The van der Waals surface area contributed by atoms with Crippen LogP contribution in [0.5, 0.6) is 0 Å². The average molecular weight is 220 g/mol. The molecule has 0 saturated heterocycles. The van der Waals surface area contributed by atoms with Gasteiger partial charge in [-0.3, -0.25) is 0 Å². The van der Waals surface area contributed by atoms with Crippen molar-refractivity contribution in [3.05, 3.63) is 35.9 Å². The maximum absolute atomic E-state index is 11.4. The summed E-state index contributed by atoms with van der Waals surface area (Å²) in [5, 5.41) is 5.72. The van der Waals surface area contributed by atoms with Gasteiger partial charge in [-0.15, -0.1) is 0 Å². The molecule has 88 valence electrons. The maximum atomic E-state index is 11.4. The Kier molecular flexibility index (Phi) is 4.83. The highest BCUT2D eigenvalue weighted by molar-refractivity contribution is 5.74. The molecule has 16 heavy (non-hydrogen) atoms. The molecule has 0 aliphatic carbocycles. The fourth-order valence-corrected chi connectivity index (χ4v) is 1.55. The third kappa shape index (κ3) is 4.82. The second-order valence-electron chi connectivity index (χ2n) is 4.36. The summed E-state index contributed by atoms with van der Waals surface area (Å²) in [5.41, 5.74) is 1.24. The van der Waals surface area contributed by atoms with Crippen LogP contribution in [-0.4, -0.2) is 18.1 Å². The lowest BCUT2D eigenvalue weighted by Crippen LogP contribution is -2.44. The molecule has 0 fully saturated rings. The minimum absolute atomic E-state index is 0.0987. The van der Waals surface area contributed by atoms with Gasteiger partial charge in [-0.05, 0) is 32.8 Å². The zero-order valence-electron chi connectivity index (χ0n) is 10.2. The van der Waals surface area contributed by atoms with E-state index in [9.17, 15) is 4.79 Å². The average Bonchev–Trinajstić information content (AvgIpc) is 2.17. The Morgan fingerprint density at radius 3 is 2.31 bits per heavy atom. The number of hydrogen-bond acceptors (Lipinski definition) is 1. The first-order valence-corrected chi connectivity index (χ1v) is 5.69. The maximum Gasteiger partial charge on any atom is 0.315 e. The van der Waals surface area contributed by atoms with Crippen molar-refractivity contribution in [2.24, 2.45) is 0 Å². The topological polar surface area (TPSA) is 41.1 Å². The summed E-state index contributed by atoms with van der Waals surface area (Å²) in [6.07, 6.45) is 0.854. The summed E-state index contributed by atoms with van der Waals surface area (Å²) in [5.74, 6) is 0. The van der Waals surface area contributed by atoms with E-state index in [1.54, 1.807) is 0 Å². The molecule has 2 N–H and O–H groups in total. The van der Waals surface area contributed by atoms with Gasteiger partial charge >= 0.3 is 6.03 Å². The van der Waals surface area contributed by atoms with Gasteiger partial charge in [0, 0.05) is 12.1 Å². The van der Waals surface area contributed by atoms with E-state index < -0.39 is 0 Å². The van der Waals surface area contributed by atoms with Crippen molar-refractivity contribution in [1.29, 1.82) is 0 Å². The van der Waals surface area contributed by atoms with Crippen molar-refractivity contribution in [3.63, 3.8) is 0 Å². The molecule has 0 heterocycles. The molecular weight excluding hydrogens is 200 g/mol. The van der Waals surface area contributed by atoms with Gasteiger partial charge < -0.3 is 10.6 Å². The number of amides is 2. The molecule has 1 rings (SSSR count). The molecule has 0 aliphatic rings. The van der Waals surface area contributed by atoms with Crippen molar-refractivity contribution in [2.45, 2.75) is 39.3 Å². The van der Waals surface area contributed by atoms with Gasteiger partial charge in [-0.2, -0.15) is 0 Å². The highest BCUT2D eigenvalue weighted by Crippen LogP contribution is 2.02. The first-order chi connectivity index (χ1) is 7.58. The second-order valence-corrected chi connectivity index (χ2v) is 4.36. The number of carbonyl (C=O) groups is 1. The van der Waals surface area contributed by atoms with Gasteiger partial charge in [0.15, 0.2) is 0 Å². The molecule has 2 amide bonds. The number of benzene rings is 1. The third-order valence-electron chi connectivity index (χ3n) is 2.18. The molecule has 1 aromatic rings. The number of hydrogen-bond donors (Lipinski definition) is 2. The van der Waals surface area contributed by atoms with Crippen LogP contribution in [0.25, 0.3) is 0 Å². The molecule has 0 radical (unpaired) electrons. The molecule has 0 saturated carbocycles. The van der Waals surface area contributed by atoms with E-state index in [2.05, 4.69) is 22.8 Å². The van der Waals surface area contributed by atoms with Crippen molar-refractivity contribution in [1.82, 2.24) is 10.6 Å². The number of nitrogens with one attached hydrogen (secondary N) is 2. The Bertz CT molecular complexity index is 322. The molecule has 0 aliphatic heterocycles. The number of rotatable bonds is 4. The smallest absolute Gasteiger partial charge is 0.315 e. The number of carbonyl (C=O) groups excluding carboxylic acids is 1. The van der Waals surface area contributed by atoms with Gasteiger partial charge in [-0.25, -0.2) is 4.79 Å². The monoisotopic (exact) mass is 220 g/mol. The molecule has 3 nitrogen and oxygen atoms in total. The summed E-state index contributed by atoms with van der Waals surface area (Å²) in [4.78, 5) is 11.4. The van der Waals surface area contributed by atoms with E-state index in [4.69, 9.17) is 0 Å². The number of urea groups is 1. The van der Waals surface area contributed by atoms with E-state index in [0.29, 0.717) is 0 Å². The van der Waals surface area contributed by atoms with Crippen LogP contribution in [0.4, 0.5) is 4.79 Å². The Labute approximate surface area is 97.2 Å². The molecule has 3 heteroatoms. The summed E-state index contributed by atoms with van der Waals surface area (Å²) >= 11 is 0. The van der Waals surface area contributed by atoms with Crippen molar-refractivity contribution in [2.75, 3.05) is 0 Å². The summed E-state index contributed by atoms with van der Waals surface area (Å²) in [7, 11) is 0. The Balaban J connectivity index is 2.36. The third-order valence-corrected chi connectivity index (χ3v) is 2.18. The standard InChI is InChI=1S/C13H20N2O/c1-10(2)14-13(16)15-11(3)9-12-7-5-4-6-8-12/h4-8,10-11H,9H2,1-3H3,(H2,14,15,16). The first-order valence-electron chi connectivity index (χ1n) is 5.69. The van der Waals surface area contributed by atoms with E-state index in [1.165, 1.54) is 5.56 Å². The molecule has 1 unspecified atom stereocenters. The highest BCUT2D eigenvalue weighted by Gasteiger charge is 2.08. The van der Waals surface area contributed by atoms with Crippen LogP contribution in [-0.2, 0) is 6.42 Å². The lowest BCUT2D eigenvalue weighted by atomic mass is 10.1. The summed E-state index contributed by atoms with van der Waals surface area (Å²) in [6, 6.07) is 10.4. The minimum atomic E-state index is -0.0987. The normalized spacial score (nSPS) is 12.2. The Hall–Kier alpha value is -1.51. The quantitative estimate of drug-likeness (QED) is 0.803. The second kappa shape index (κ2) is 6.16. The van der Waals surface area contributed by atoms with Crippen LogP contribution in [0.2, 0.25) is 0 Å². The van der Waals surface area contributed by atoms with Crippen LogP contribution in [0, 0.1) is 0 Å². The van der Waals surface area contributed by atoms with Crippen molar-refractivity contribution in [3.8, 4) is 0 Å². The lowest BCUT2D eigenvalue weighted by molar-refractivity contribution is 0.235. The van der Waals surface area contributed by atoms with Gasteiger partial charge in [0.1, 0.15) is 0 Å². The van der Waals surface area contributed by atoms with Gasteiger partial charge in [0.05, 0.1) is 0 Å². The Morgan fingerprint density at radius 2 is 1.75 bits per heavy atom. The zero-order valence-corrected chi connectivity index (χ0v) is 10.2. The fourth-order valence-electron chi connectivity index (χ4n) is 1.55.